The number of hydrogen-bond donors (Lipinski definition) is 0. The van der Waals surface area contributed by atoms with E-state index in [1.54, 1.807) is 0 Å². The highest BCUT2D eigenvalue weighted by atomic mass is 32.2. The lowest BCUT2D eigenvalue weighted by molar-refractivity contribution is -0.137. The number of thioether (sulfide) groups is 1. The fourth-order valence-corrected chi connectivity index (χ4v) is 1.20. The van der Waals surface area contributed by atoms with Crippen molar-refractivity contribution in [1.29, 1.82) is 0 Å². The van der Waals surface area contributed by atoms with Crippen molar-refractivity contribution in [1.82, 2.24) is 20.2 Å². The van der Waals surface area contributed by atoms with Crippen molar-refractivity contribution in [3.63, 3.8) is 0 Å². The largest absolute Gasteiger partial charge is 0.468 e. The van der Waals surface area contributed by atoms with E-state index in [4.69, 9.17) is 0 Å². The van der Waals surface area contributed by atoms with Crippen LogP contribution in [0, 0.1) is 0 Å². The Labute approximate surface area is 73.3 Å². The number of methoxy groups -OCH3 is 1. The summed E-state index contributed by atoms with van der Waals surface area (Å²) in [5, 5.41) is 10.5. The third kappa shape index (κ3) is 2.87. The minimum atomic E-state index is -0.243. The minimum Gasteiger partial charge on any atom is -0.468 e. The van der Waals surface area contributed by atoms with Crippen molar-refractivity contribution >= 4 is 17.7 Å². The molecule has 0 radical (unpaired) electrons. The van der Waals surface area contributed by atoms with Gasteiger partial charge in [0, 0.05) is 0 Å². The summed E-state index contributed by atoms with van der Waals surface area (Å²) < 4.78 is 5.98. The molecule has 0 amide bonds. The zero-order valence-electron chi connectivity index (χ0n) is 6.51. The first kappa shape index (κ1) is 8.98. The summed E-state index contributed by atoms with van der Waals surface area (Å²) in [6.45, 7) is 0. The quantitative estimate of drug-likeness (QED) is 0.595. The van der Waals surface area contributed by atoms with Gasteiger partial charge in [-0.15, -0.1) is 16.9 Å². The van der Waals surface area contributed by atoms with E-state index >= 15 is 0 Å². The van der Waals surface area contributed by atoms with Crippen LogP contribution in [-0.2, 0) is 15.4 Å². The highest BCUT2D eigenvalue weighted by molar-refractivity contribution is 7.98. The summed E-state index contributed by atoms with van der Waals surface area (Å²) >= 11 is 1.39. The van der Waals surface area contributed by atoms with Crippen LogP contribution in [0.25, 0.3) is 0 Å². The second kappa shape index (κ2) is 4.70. The predicted molar refractivity (Wildman–Crippen MR) is 42.3 cm³/mol. The molecule has 0 aromatic carbocycles. The normalized spacial score (nSPS) is 9.75. The monoisotopic (exact) mass is 188 g/mol. The van der Waals surface area contributed by atoms with E-state index in [1.165, 1.54) is 29.9 Å². The van der Waals surface area contributed by atoms with E-state index in [9.17, 15) is 4.79 Å². The average Bonchev–Trinajstić information content (AvgIpc) is 2.57. The van der Waals surface area contributed by atoms with E-state index in [0.29, 0.717) is 11.6 Å². The Morgan fingerprint density at radius 2 is 2.58 bits per heavy atom. The van der Waals surface area contributed by atoms with Crippen LogP contribution in [0.1, 0.15) is 0 Å². The molecule has 7 heteroatoms. The van der Waals surface area contributed by atoms with Crippen molar-refractivity contribution in [3.05, 3.63) is 6.33 Å². The zero-order chi connectivity index (χ0) is 8.81. The maximum absolute atomic E-state index is 10.6. The van der Waals surface area contributed by atoms with Crippen LogP contribution in [0.3, 0.4) is 0 Å². The van der Waals surface area contributed by atoms with Gasteiger partial charge >= 0.3 is 5.97 Å². The first-order chi connectivity index (χ1) is 5.83. The average molecular weight is 188 g/mol. The van der Waals surface area contributed by atoms with E-state index in [-0.39, 0.29) is 5.97 Å². The third-order valence-electron chi connectivity index (χ3n) is 1.06. The number of ether oxygens (including phenoxy) is 1. The van der Waals surface area contributed by atoms with Crippen LogP contribution >= 0.6 is 11.8 Å². The van der Waals surface area contributed by atoms with Gasteiger partial charge in [0.05, 0.1) is 18.7 Å². The predicted octanol–water partition coefficient (Wildman–Crippen LogP) is -0.463. The van der Waals surface area contributed by atoms with Gasteiger partial charge < -0.3 is 4.74 Å². The number of carbonyl (C=O) groups excluding carboxylic acids is 1. The summed E-state index contributed by atoms with van der Waals surface area (Å²) in [7, 11) is 1.36. The zero-order valence-corrected chi connectivity index (χ0v) is 7.32. The molecule has 0 unspecified atom stereocenters. The van der Waals surface area contributed by atoms with Crippen LogP contribution in [-0.4, -0.2) is 39.0 Å². The van der Waals surface area contributed by atoms with Crippen LogP contribution in [0.15, 0.2) is 6.33 Å². The Morgan fingerprint density at radius 1 is 1.75 bits per heavy atom. The highest BCUT2D eigenvalue weighted by Gasteiger charge is 2.00. The Bertz CT molecular complexity index is 238. The van der Waals surface area contributed by atoms with E-state index in [1.807, 2.05) is 0 Å². The molecule has 0 saturated carbocycles. The van der Waals surface area contributed by atoms with Crippen molar-refractivity contribution in [2.75, 3.05) is 12.9 Å². The Balaban J connectivity index is 2.15. The lowest BCUT2D eigenvalue weighted by atomic mass is 10.8. The van der Waals surface area contributed by atoms with Crippen LogP contribution in [0.5, 0.6) is 0 Å². The van der Waals surface area contributed by atoms with Crippen LogP contribution < -0.4 is 0 Å². The van der Waals surface area contributed by atoms with Crippen molar-refractivity contribution < 1.29 is 9.53 Å². The Hall–Kier alpha value is -1.11. The summed E-state index contributed by atoms with van der Waals surface area (Å²) in [6, 6.07) is 0. The van der Waals surface area contributed by atoms with Gasteiger partial charge in [0.2, 0.25) is 0 Å². The van der Waals surface area contributed by atoms with Gasteiger partial charge in [0.1, 0.15) is 6.33 Å². The SMILES string of the molecule is COC(=O)CSCn1cnnn1. The molecule has 0 N–H and O–H groups in total. The molecule has 12 heavy (non-hydrogen) atoms. The number of hydrogen-bond acceptors (Lipinski definition) is 6. The molecule has 0 fully saturated rings. The van der Waals surface area contributed by atoms with Gasteiger partial charge in [-0.3, -0.25) is 4.79 Å². The number of nitrogens with zero attached hydrogens (tertiary/aromatic N) is 4. The van der Waals surface area contributed by atoms with Gasteiger partial charge in [0.15, 0.2) is 0 Å². The molecule has 0 aliphatic rings. The first-order valence-electron chi connectivity index (χ1n) is 3.18. The fourth-order valence-electron chi connectivity index (χ4n) is 0.521. The Morgan fingerprint density at radius 3 is 3.17 bits per heavy atom. The first-order valence-corrected chi connectivity index (χ1v) is 4.33. The summed E-state index contributed by atoms with van der Waals surface area (Å²) in [5.74, 6) is 0.631. The number of tetrazole rings is 1. The molecule has 0 saturated heterocycles. The van der Waals surface area contributed by atoms with Crippen LogP contribution in [0.4, 0.5) is 0 Å². The summed E-state index contributed by atoms with van der Waals surface area (Å²) in [6.07, 6.45) is 1.49. The number of aromatic nitrogens is 4. The van der Waals surface area contributed by atoms with E-state index in [2.05, 4.69) is 20.3 Å². The minimum absolute atomic E-state index is 0.243. The summed E-state index contributed by atoms with van der Waals surface area (Å²) in [5.41, 5.74) is 0. The molecule has 0 bridgehead atoms. The van der Waals surface area contributed by atoms with Crippen molar-refractivity contribution in [2.24, 2.45) is 0 Å². The topological polar surface area (TPSA) is 69.9 Å². The third-order valence-corrected chi connectivity index (χ3v) is 1.95. The number of rotatable bonds is 4. The molecule has 6 nitrogen and oxygen atoms in total. The van der Waals surface area contributed by atoms with E-state index in [0.717, 1.165) is 0 Å². The Kier molecular flexibility index (Phi) is 3.52. The lowest BCUT2D eigenvalue weighted by Gasteiger charge is -1.98. The lowest BCUT2D eigenvalue weighted by Crippen LogP contribution is -2.05. The fraction of sp³-hybridized carbons (Fsp3) is 0.600. The molecule has 1 aromatic rings. The standard InChI is InChI=1S/C5H8N4O2S/c1-11-5(10)2-12-4-9-3-6-7-8-9/h3H,2,4H2,1H3. The number of carbonyl (C=O) groups is 1. The molecular weight excluding hydrogens is 180 g/mol. The van der Waals surface area contributed by atoms with E-state index < -0.39 is 0 Å². The maximum Gasteiger partial charge on any atom is 0.315 e. The molecule has 0 atom stereocenters. The van der Waals surface area contributed by atoms with Gasteiger partial charge in [-0.25, -0.2) is 4.68 Å². The molecule has 1 rings (SSSR count). The van der Waals surface area contributed by atoms with Gasteiger partial charge in [-0.1, -0.05) is 0 Å². The van der Waals surface area contributed by atoms with Gasteiger partial charge in [-0.05, 0) is 10.4 Å². The molecule has 0 aliphatic heterocycles. The molecule has 1 heterocycles. The molecule has 0 aliphatic carbocycles. The molecule has 0 spiro atoms. The van der Waals surface area contributed by atoms with Gasteiger partial charge in [0.25, 0.3) is 0 Å². The second-order valence-corrected chi connectivity index (χ2v) is 2.86. The molecular formula is C5H8N4O2S. The maximum atomic E-state index is 10.6. The molecule has 1 aromatic heterocycles. The van der Waals surface area contributed by atoms with Crippen molar-refractivity contribution in [2.45, 2.75) is 5.88 Å². The summed E-state index contributed by atoms with van der Waals surface area (Å²) in [4.78, 5) is 10.6. The second-order valence-electron chi connectivity index (χ2n) is 1.90. The van der Waals surface area contributed by atoms with Crippen LogP contribution in [0.2, 0.25) is 0 Å². The highest BCUT2D eigenvalue weighted by Crippen LogP contribution is 2.02. The number of esters is 1. The van der Waals surface area contributed by atoms with Gasteiger partial charge in [-0.2, -0.15) is 0 Å². The smallest absolute Gasteiger partial charge is 0.315 e. The van der Waals surface area contributed by atoms with Crippen molar-refractivity contribution in [3.8, 4) is 0 Å². The molecule has 66 valence electrons.